The molecule has 2 amide bonds. The number of hydrogen-bond acceptors (Lipinski definition) is 3. The van der Waals surface area contributed by atoms with Gasteiger partial charge in [0.25, 0.3) is 11.8 Å². The normalized spacial score (nSPS) is 16.9. The number of piperidine rings is 1. The molecule has 5 rings (SSSR count). The number of hydrogen-bond donors (Lipinski definition) is 1. The summed E-state index contributed by atoms with van der Waals surface area (Å²) in [5, 5.41) is 3.13. The number of aromatic nitrogens is 1. The minimum Gasteiger partial charge on any atom is -0.349 e. The lowest BCUT2D eigenvalue weighted by molar-refractivity contribution is 0.0722. The highest BCUT2D eigenvalue weighted by atomic mass is 16.2. The number of rotatable bonds is 7. The molecule has 2 heterocycles. The Morgan fingerprint density at radius 3 is 2.11 bits per heavy atom. The van der Waals surface area contributed by atoms with E-state index in [0.29, 0.717) is 19.5 Å². The molecule has 0 unspecified atom stereocenters. The molecule has 0 spiro atoms. The fourth-order valence-corrected chi connectivity index (χ4v) is 5.62. The molecule has 0 bridgehead atoms. The smallest absolute Gasteiger partial charge is 0.259 e. The molecule has 37 heavy (non-hydrogen) atoms. The fraction of sp³-hybridized carbons (Fsp3) is 0.387. The number of nitrogens with zero attached hydrogens (tertiary/aromatic N) is 2. The van der Waals surface area contributed by atoms with Gasteiger partial charge in [-0.2, -0.15) is 0 Å². The van der Waals surface area contributed by atoms with Gasteiger partial charge in [0.15, 0.2) is 0 Å². The van der Waals surface area contributed by atoms with Gasteiger partial charge in [-0.25, -0.2) is 0 Å². The van der Waals surface area contributed by atoms with E-state index < -0.39 is 11.3 Å². The zero-order valence-corrected chi connectivity index (χ0v) is 21.3. The van der Waals surface area contributed by atoms with E-state index in [1.165, 1.54) is 0 Å². The second-order valence-corrected chi connectivity index (χ2v) is 10.3. The van der Waals surface area contributed by atoms with Crippen LogP contribution in [-0.4, -0.2) is 34.4 Å². The van der Waals surface area contributed by atoms with Gasteiger partial charge in [0.2, 0.25) is 5.43 Å². The first-order valence-corrected chi connectivity index (χ1v) is 13.5. The first-order chi connectivity index (χ1) is 18.1. The maximum Gasteiger partial charge on any atom is 0.259 e. The monoisotopic (exact) mass is 497 g/mol. The van der Waals surface area contributed by atoms with E-state index in [1.54, 1.807) is 17.3 Å². The molecular weight excluding hydrogens is 462 g/mol. The molecule has 6 heteroatoms. The van der Waals surface area contributed by atoms with E-state index in [9.17, 15) is 14.4 Å². The van der Waals surface area contributed by atoms with E-state index in [2.05, 4.69) is 5.32 Å². The van der Waals surface area contributed by atoms with Gasteiger partial charge in [0, 0.05) is 31.5 Å². The Bertz CT molecular complexity index is 1270. The van der Waals surface area contributed by atoms with Gasteiger partial charge in [-0.05, 0) is 49.7 Å². The quantitative estimate of drug-likeness (QED) is 0.481. The Labute approximate surface area is 218 Å². The van der Waals surface area contributed by atoms with Crippen molar-refractivity contribution in [2.75, 3.05) is 13.1 Å². The zero-order valence-electron chi connectivity index (χ0n) is 21.3. The van der Waals surface area contributed by atoms with Crippen LogP contribution in [0.15, 0.2) is 77.9 Å². The molecule has 6 nitrogen and oxygen atoms in total. The van der Waals surface area contributed by atoms with Crippen molar-refractivity contribution in [1.82, 2.24) is 14.8 Å². The van der Waals surface area contributed by atoms with Gasteiger partial charge in [-0.15, -0.1) is 0 Å². The summed E-state index contributed by atoms with van der Waals surface area (Å²) >= 11 is 0. The third kappa shape index (κ3) is 5.85. The third-order valence-corrected chi connectivity index (χ3v) is 7.70. The lowest BCUT2D eigenvalue weighted by Gasteiger charge is -2.27. The second-order valence-electron chi connectivity index (χ2n) is 10.3. The van der Waals surface area contributed by atoms with Crippen LogP contribution in [0, 0.1) is 0 Å². The average Bonchev–Trinajstić information content (AvgIpc) is 3.49. The van der Waals surface area contributed by atoms with Crippen molar-refractivity contribution in [1.29, 1.82) is 0 Å². The fourth-order valence-electron chi connectivity index (χ4n) is 5.62. The molecule has 1 aliphatic carbocycles. The summed E-state index contributed by atoms with van der Waals surface area (Å²) in [6.45, 7) is 1.32. The molecule has 1 saturated carbocycles. The Kier molecular flexibility index (Phi) is 7.83. The third-order valence-electron chi connectivity index (χ3n) is 7.70. The van der Waals surface area contributed by atoms with E-state index in [4.69, 9.17) is 0 Å². The molecular formula is C31H35N3O3. The number of benzene rings is 2. The van der Waals surface area contributed by atoms with Gasteiger partial charge in [-0.3, -0.25) is 14.4 Å². The number of carbonyl (C=O) groups excluding carboxylic acids is 2. The van der Waals surface area contributed by atoms with Gasteiger partial charge in [0.05, 0.1) is 6.04 Å². The van der Waals surface area contributed by atoms with Crippen molar-refractivity contribution in [3.8, 4) is 0 Å². The van der Waals surface area contributed by atoms with Gasteiger partial charge in [-0.1, -0.05) is 73.5 Å². The van der Waals surface area contributed by atoms with Gasteiger partial charge < -0.3 is 14.8 Å². The summed E-state index contributed by atoms with van der Waals surface area (Å²) in [4.78, 5) is 42.5. The van der Waals surface area contributed by atoms with Crippen LogP contribution in [0.5, 0.6) is 0 Å². The average molecular weight is 498 g/mol. The van der Waals surface area contributed by atoms with Crippen molar-refractivity contribution >= 4 is 11.8 Å². The van der Waals surface area contributed by atoms with Crippen LogP contribution < -0.4 is 10.7 Å². The lowest BCUT2D eigenvalue weighted by Crippen LogP contribution is -2.41. The molecule has 2 aliphatic rings. The summed E-state index contributed by atoms with van der Waals surface area (Å²) in [7, 11) is 0. The molecule has 1 aromatic heterocycles. The van der Waals surface area contributed by atoms with Crippen molar-refractivity contribution in [2.24, 2.45) is 0 Å². The summed E-state index contributed by atoms with van der Waals surface area (Å²) < 4.78 is 1.95. The van der Waals surface area contributed by atoms with Gasteiger partial charge >= 0.3 is 0 Å². The Morgan fingerprint density at radius 1 is 0.811 bits per heavy atom. The molecule has 192 valence electrons. The summed E-state index contributed by atoms with van der Waals surface area (Å²) in [5.41, 5.74) is 1.74. The van der Waals surface area contributed by atoms with Crippen LogP contribution in [0.25, 0.3) is 0 Å². The summed E-state index contributed by atoms with van der Waals surface area (Å²) in [6, 6.07) is 19.7. The minimum absolute atomic E-state index is 0.0451. The first-order valence-electron chi connectivity index (χ1n) is 13.5. The van der Waals surface area contributed by atoms with E-state index in [1.807, 2.05) is 65.2 Å². The van der Waals surface area contributed by atoms with Crippen LogP contribution >= 0.6 is 0 Å². The topological polar surface area (TPSA) is 71.4 Å². The van der Waals surface area contributed by atoms with E-state index in [-0.39, 0.29) is 29.1 Å². The van der Waals surface area contributed by atoms with Crippen molar-refractivity contribution in [2.45, 2.75) is 63.5 Å². The summed E-state index contributed by atoms with van der Waals surface area (Å²) in [5.74, 6) is -0.690. The Hall–Kier alpha value is -3.67. The van der Waals surface area contributed by atoms with Crippen molar-refractivity contribution < 1.29 is 9.59 Å². The van der Waals surface area contributed by atoms with Crippen LogP contribution in [0.1, 0.15) is 88.9 Å². The van der Waals surface area contributed by atoms with Crippen LogP contribution in [-0.2, 0) is 6.42 Å². The lowest BCUT2D eigenvalue weighted by atomic mass is 9.98. The zero-order chi connectivity index (χ0) is 25.6. The highest BCUT2D eigenvalue weighted by Gasteiger charge is 2.27. The largest absolute Gasteiger partial charge is 0.349 e. The minimum atomic E-state index is -0.478. The molecule has 1 N–H and O–H groups in total. The molecule has 2 fully saturated rings. The van der Waals surface area contributed by atoms with Crippen LogP contribution in [0.4, 0.5) is 0 Å². The van der Waals surface area contributed by atoms with E-state index in [0.717, 1.165) is 56.1 Å². The number of carbonyl (C=O) groups is 2. The van der Waals surface area contributed by atoms with Crippen molar-refractivity contribution in [3.63, 3.8) is 0 Å². The molecule has 0 radical (unpaired) electrons. The highest BCUT2D eigenvalue weighted by molar-refractivity contribution is 5.99. The molecule has 1 saturated heterocycles. The Morgan fingerprint density at radius 2 is 1.43 bits per heavy atom. The van der Waals surface area contributed by atoms with Crippen LogP contribution in [0.3, 0.4) is 0 Å². The number of nitrogens with one attached hydrogen (secondary N) is 1. The van der Waals surface area contributed by atoms with Crippen LogP contribution in [0.2, 0.25) is 0 Å². The molecule has 2 aromatic carbocycles. The predicted molar refractivity (Wildman–Crippen MR) is 145 cm³/mol. The maximum absolute atomic E-state index is 13.7. The Balaban J connectivity index is 1.49. The number of likely N-dealkylation sites (tertiary alicyclic amines) is 1. The predicted octanol–water partition coefficient (Wildman–Crippen LogP) is 5.30. The highest BCUT2D eigenvalue weighted by Crippen LogP contribution is 2.30. The number of pyridine rings is 1. The molecule has 3 aromatic rings. The molecule has 1 atom stereocenters. The SMILES string of the molecule is O=C(N[C@@H](Cc1ccccc1)c1ccccc1)c1cn(C2CCCC2)cc(C(=O)N2CCCCC2)c1=O. The summed E-state index contributed by atoms with van der Waals surface area (Å²) in [6.07, 6.45) is 11.2. The maximum atomic E-state index is 13.7. The standard InChI is InChI=1S/C31H35N3O3/c35-29-26(30(36)32-28(24-14-6-2-7-15-24)20-23-12-4-1-5-13-23)21-34(25-16-8-9-17-25)22-27(29)31(37)33-18-10-3-11-19-33/h1-2,4-7,12-15,21-22,25,28H,3,8-11,16-20H2,(H,32,36)/t28-/m0/s1. The van der Waals surface area contributed by atoms with Crippen molar-refractivity contribution in [3.05, 3.63) is 106 Å². The van der Waals surface area contributed by atoms with E-state index >= 15 is 0 Å². The number of amides is 2. The first kappa shape index (κ1) is 25.0. The molecule has 1 aliphatic heterocycles. The second kappa shape index (κ2) is 11.6. The van der Waals surface area contributed by atoms with Gasteiger partial charge in [0.1, 0.15) is 11.1 Å².